The molecule has 0 bridgehead atoms. The number of alkyl halides is 4. The molecule has 0 aromatic rings. The van der Waals surface area contributed by atoms with E-state index in [0.29, 0.717) is 0 Å². The Morgan fingerprint density at radius 3 is 0.972 bits per heavy atom. The quantitative estimate of drug-likeness (QED) is 0.158. The molecule has 4 aliphatic rings. The van der Waals surface area contributed by atoms with E-state index in [1.807, 2.05) is 27.7 Å². The molecule has 0 N–H and O–H groups in total. The van der Waals surface area contributed by atoms with Gasteiger partial charge in [-0.3, -0.25) is 0 Å². The van der Waals surface area contributed by atoms with E-state index in [9.17, 15) is 34.8 Å². The second kappa shape index (κ2) is 14.4. The second-order valence-corrected chi connectivity index (χ2v) is 15.9. The molecule has 0 unspecified atom stereocenters. The molecule has 1 saturated carbocycles. The first-order valence-corrected chi connectivity index (χ1v) is 15.3. The molecule has 2 saturated heterocycles. The van der Waals surface area contributed by atoms with Crippen LogP contribution in [0.5, 0.6) is 0 Å². The van der Waals surface area contributed by atoms with Crippen LogP contribution in [-0.4, -0.2) is 41.7 Å². The topological polar surface area (TPSA) is 0 Å². The zero-order valence-corrected chi connectivity index (χ0v) is 24.5. The van der Waals surface area contributed by atoms with Crippen LogP contribution in [-0.2, 0) is 19.5 Å². The van der Waals surface area contributed by atoms with Gasteiger partial charge in [0.2, 0.25) is 0 Å². The van der Waals surface area contributed by atoms with Crippen LogP contribution in [0.25, 0.3) is 0 Å². The summed E-state index contributed by atoms with van der Waals surface area (Å²) in [5, 5.41) is -0.173. The SMILES string of the molecule is C[C@@H]1CC[C@@H](C)P1C1=C(P2[C@H](C)CC[C@H]2C)C(F)(F)C1(F)F.F[B-](F)(F)F.[CH]1[CH]CC[CH][CH]CC1.[Rh]. The Labute approximate surface area is 226 Å². The van der Waals surface area contributed by atoms with Crippen LogP contribution in [0.4, 0.5) is 34.8 Å². The number of rotatable bonds is 2. The predicted molar refractivity (Wildman–Crippen MR) is 133 cm³/mol. The molecule has 0 aromatic heterocycles. The number of hydrogen-bond donors (Lipinski definition) is 0. The molecule has 5 radical (unpaired) electrons. The van der Waals surface area contributed by atoms with Crippen molar-refractivity contribution in [3.8, 4) is 0 Å². The summed E-state index contributed by atoms with van der Waals surface area (Å²) in [5.41, 5.74) is 0.612. The van der Waals surface area contributed by atoms with Crippen molar-refractivity contribution >= 4 is 23.1 Å². The molecular formula is C24H36BF8P2Rh-. The Balaban J connectivity index is 0.000000383. The van der Waals surface area contributed by atoms with Gasteiger partial charge in [-0.05, 0) is 99.7 Å². The van der Waals surface area contributed by atoms with E-state index >= 15 is 0 Å². The molecule has 0 nitrogen and oxygen atoms in total. The van der Waals surface area contributed by atoms with Gasteiger partial charge in [0.25, 0.3) is 0 Å². The Morgan fingerprint density at radius 2 is 0.778 bits per heavy atom. The summed E-state index contributed by atoms with van der Waals surface area (Å²) in [7, 11) is -8.23. The van der Waals surface area contributed by atoms with Gasteiger partial charge < -0.3 is 17.3 Å². The van der Waals surface area contributed by atoms with Crippen LogP contribution < -0.4 is 0 Å². The van der Waals surface area contributed by atoms with Crippen LogP contribution >= 0.6 is 15.8 Å². The normalized spacial score (nSPS) is 32.7. The van der Waals surface area contributed by atoms with Crippen LogP contribution in [0.3, 0.4) is 0 Å². The molecule has 2 aliphatic carbocycles. The summed E-state index contributed by atoms with van der Waals surface area (Å²) in [6, 6.07) is 0. The van der Waals surface area contributed by atoms with Gasteiger partial charge in [0.15, 0.2) is 0 Å². The number of hydrogen-bond acceptors (Lipinski definition) is 0. The van der Waals surface area contributed by atoms with Gasteiger partial charge in [0.05, 0.1) is 0 Å². The van der Waals surface area contributed by atoms with E-state index in [1.54, 1.807) is 0 Å². The third-order valence-electron chi connectivity index (χ3n) is 6.97. The smallest absolute Gasteiger partial charge is 0.418 e. The van der Waals surface area contributed by atoms with Gasteiger partial charge in [-0.25, -0.2) is 0 Å². The molecule has 3 fully saturated rings. The maximum Gasteiger partial charge on any atom is 0.673 e. The van der Waals surface area contributed by atoms with Crippen molar-refractivity contribution in [1.29, 1.82) is 0 Å². The van der Waals surface area contributed by atoms with Gasteiger partial charge in [-0.15, -0.1) is 0 Å². The molecule has 0 spiro atoms. The Bertz CT molecular complexity index is 625. The molecule has 211 valence electrons. The van der Waals surface area contributed by atoms with E-state index in [-0.39, 0.29) is 52.7 Å². The Morgan fingerprint density at radius 1 is 0.583 bits per heavy atom. The monoisotopic (exact) mass is 652 g/mol. The van der Waals surface area contributed by atoms with Crippen molar-refractivity contribution in [3.05, 3.63) is 36.3 Å². The molecule has 0 amide bonds. The van der Waals surface area contributed by atoms with Crippen molar-refractivity contribution in [2.75, 3.05) is 0 Å². The molecule has 2 aliphatic heterocycles. The van der Waals surface area contributed by atoms with E-state index in [4.69, 9.17) is 0 Å². The van der Waals surface area contributed by atoms with Crippen molar-refractivity contribution in [2.45, 2.75) is 114 Å². The zero-order valence-electron chi connectivity index (χ0n) is 21.1. The summed E-state index contributed by atoms with van der Waals surface area (Å²) >= 11 is 0. The second-order valence-electron chi connectivity index (χ2n) is 9.80. The molecule has 12 heteroatoms. The van der Waals surface area contributed by atoms with Gasteiger partial charge in [0.1, 0.15) is 0 Å². The van der Waals surface area contributed by atoms with Gasteiger partial charge >= 0.3 is 19.1 Å². The first-order valence-electron chi connectivity index (χ1n) is 12.4. The Hall–Kier alpha value is 0.728. The molecule has 0 aromatic carbocycles. The summed E-state index contributed by atoms with van der Waals surface area (Å²) < 4.78 is 96.4. The minimum absolute atomic E-state index is 0. The summed E-state index contributed by atoms with van der Waals surface area (Å²) in [6.45, 7) is 7.89. The molecule has 36 heavy (non-hydrogen) atoms. The summed E-state index contributed by atoms with van der Waals surface area (Å²) in [4.78, 5) is 0. The molecular weight excluding hydrogens is 616 g/mol. The number of allylic oxidation sites excluding steroid dienone is 2. The zero-order chi connectivity index (χ0) is 26.6. The average Bonchev–Trinajstić information content (AvgIpc) is 3.19. The van der Waals surface area contributed by atoms with E-state index in [1.165, 1.54) is 25.7 Å². The maximum atomic E-state index is 14.4. The minimum atomic E-state index is -6.00. The van der Waals surface area contributed by atoms with E-state index in [2.05, 4.69) is 25.7 Å². The van der Waals surface area contributed by atoms with Crippen molar-refractivity contribution in [3.63, 3.8) is 0 Å². The standard InChI is InChI=1S/C16H24F4P2.C8H12.BF4.Rh/c1-9-5-6-10(2)21(9)13-14(16(19,20)15(13,17)18)22-11(3)7-8-12(22)4;1-2-4-6-8-7-5-3-1;2-1(3,4)5;/h9-12H,5-8H2,1-4H3;1-2,7-8H,3-6H2;;/q;;-1;/t9-,10-,11-,12-;;;/m1.../s1. The molecule has 4 rings (SSSR count). The Kier molecular flexibility index (Phi) is 13.9. The summed E-state index contributed by atoms with van der Waals surface area (Å²) in [6.07, 6.45) is 17.6. The van der Waals surface area contributed by atoms with Gasteiger partial charge in [-0.1, -0.05) is 43.5 Å². The van der Waals surface area contributed by atoms with E-state index in [0.717, 1.165) is 25.7 Å². The molecule has 2 heterocycles. The van der Waals surface area contributed by atoms with Crippen LogP contribution in [0.15, 0.2) is 10.6 Å². The minimum Gasteiger partial charge on any atom is -0.418 e. The van der Waals surface area contributed by atoms with Gasteiger partial charge in [-0.2, -0.15) is 17.6 Å². The predicted octanol–water partition coefficient (Wildman–Crippen LogP) is 10.3. The van der Waals surface area contributed by atoms with Crippen molar-refractivity contribution in [2.24, 2.45) is 0 Å². The van der Waals surface area contributed by atoms with Crippen LogP contribution in [0.1, 0.15) is 79.1 Å². The largest absolute Gasteiger partial charge is 0.673 e. The van der Waals surface area contributed by atoms with Crippen molar-refractivity contribution in [1.82, 2.24) is 0 Å². The summed E-state index contributed by atoms with van der Waals surface area (Å²) in [5.74, 6) is -7.80. The van der Waals surface area contributed by atoms with Gasteiger partial charge in [0, 0.05) is 30.1 Å². The fourth-order valence-corrected chi connectivity index (χ4v) is 12.8. The van der Waals surface area contributed by atoms with Crippen LogP contribution in [0.2, 0.25) is 0 Å². The molecule has 4 atom stereocenters. The van der Waals surface area contributed by atoms with Crippen LogP contribution in [0, 0.1) is 25.7 Å². The fraction of sp³-hybridized carbons (Fsp3) is 0.750. The maximum absolute atomic E-state index is 14.4. The first kappa shape index (κ1) is 34.8. The van der Waals surface area contributed by atoms with E-state index < -0.39 is 34.9 Å². The number of halogens is 8. The van der Waals surface area contributed by atoms with Crippen molar-refractivity contribution < 1.29 is 54.3 Å². The third-order valence-corrected chi connectivity index (χ3v) is 14.0. The third kappa shape index (κ3) is 8.61. The fourth-order valence-electron chi connectivity index (χ4n) is 5.23. The first-order chi connectivity index (χ1) is 16.1. The average molecular weight is 652 g/mol.